The van der Waals surface area contributed by atoms with E-state index in [-0.39, 0.29) is 11.7 Å². The van der Waals surface area contributed by atoms with Crippen molar-refractivity contribution in [2.45, 2.75) is 70.5 Å². The zero-order chi connectivity index (χ0) is 11.6. The zero-order valence-electron chi connectivity index (χ0n) is 10.7. The fraction of sp³-hybridized carbons (Fsp3) is 1.00. The van der Waals surface area contributed by atoms with Gasteiger partial charge in [-0.25, -0.2) is 0 Å². The zero-order valence-corrected chi connectivity index (χ0v) is 10.7. The maximum absolute atomic E-state index is 9.97. The van der Waals surface area contributed by atoms with Crippen LogP contribution in [0.2, 0.25) is 0 Å². The second-order valence-corrected chi connectivity index (χ2v) is 5.83. The SMILES string of the molecule is CCC(O)C(C)C1CCOC2(CCCC2)C1. The average Bonchev–Trinajstić information content (AvgIpc) is 2.75. The van der Waals surface area contributed by atoms with Crippen LogP contribution in [0.4, 0.5) is 0 Å². The molecule has 1 saturated heterocycles. The molecule has 0 aromatic heterocycles. The molecule has 0 radical (unpaired) electrons. The van der Waals surface area contributed by atoms with Gasteiger partial charge in [-0.2, -0.15) is 0 Å². The van der Waals surface area contributed by atoms with E-state index in [0.29, 0.717) is 11.8 Å². The molecule has 1 spiro atoms. The molecule has 1 aliphatic carbocycles. The summed E-state index contributed by atoms with van der Waals surface area (Å²) in [5, 5.41) is 9.97. The number of rotatable bonds is 3. The first-order valence-electron chi connectivity index (χ1n) is 6.99. The topological polar surface area (TPSA) is 29.5 Å². The van der Waals surface area contributed by atoms with Crippen LogP contribution < -0.4 is 0 Å². The highest BCUT2D eigenvalue weighted by Crippen LogP contribution is 2.44. The van der Waals surface area contributed by atoms with Gasteiger partial charge in [0.25, 0.3) is 0 Å². The van der Waals surface area contributed by atoms with Crippen molar-refractivity contribution in [2.75, 3.05) is 6.61 Å². The first-order valence-corrected chi connectivity index (χ1v) is 6.99. The molecule has 2 aliphatic rings. The molecule has 3 unspecified atom stereocenters. The number of ether oxygens (including phenoxy) is 1. The molecule has 1 aliphatic heterocycles. The van der Waals surface area contributed by atoms with Gasteiger partial charge >= 0.3 is 0 Å². The number of aliphatic hydroxyl groups excluding tert-OH is 1. The summed E-state index contributed by atoms with van der Waals surface area (Å²) < 4.78 is 6.04. The first kappa shape index (κ1) is 12.4. The minimum Gasteiger partial charge on any atom is -0.393 e. The molecule has 2 nitrogen and oxygen atoms in total. The Morgan fingerprint density at radius 2 is 2.06 bits per heavy atom. The molecule has 2 heteroatoms. The van der Waals surface area contributed by atoms with Gasteiger partial charge in [-0.1, -0.05) is 26.7 Å². The lowest BCUT2D eigenvalue weighted by molar-refractivity contribution is -0.109. The van der Waals surface area contributed by atoms with Gasteiger partial charge in [-0.15, -0.1) is 0 Å². The van der Waals surface area contributed by atoms with E-state index in [1.807, 2.05) is 0 Å². The quantitative estimate of drug-likeness (QED) is 0.801. The molecule has 1 N–H and O–H groups in total. The summed E-state index contributed by atoms with van der Waals surface area (Å²) >= 11 is 0. The Morgan fingerprint density at radius 1 is 1.38 bits per heavy atom. The fourth-order valence-corrected chi connectivity index (χ4v) is 3.57. The van der Waals surface area contributed by atoms with Gasteiger partial charge in [0.05, 0.1) is 11.7 Å². The molecule has 16 heavy (non-hydrogen) atoms. The Bertz CT molecular complexity index is 221. The summed E-state index contributed by atoms with van der Waals surface area (Å²) in [5.41, 5.74) is 0.199. The first-order chi connectivity index (χ1) is 7.67. The second kappa shape index (κ2) is 5.05. The van der Waals surface area contributed by atoms with E-state index < -0.39 is 0 Å². The molecule has 3 atom stereocenters. The molecular weight excluding hydrogens is 200 g/mol. The largest absolute Gasteiger partial charge is 0.393 e. The maximum atomic E-state index is 9.97. The highest BCUT2D eigenvalue weighted by atomic mass is 16.5. The summed E-state index contributed by atoms with van der Waals surface area (Å²) in [6.07, 6.45) is 8.24. The predicted octanol–water partition coefficient (Wildman–Crippen LogP) is 3.13. The molecule has 0 bridgehead atoms. The molecule has 1 heterocycles. The minimum absolute atomic E-state index is 0.124. The van der Waals surface area contributed by atoms with Gasteiger partial charge in [-0.3, -0.25) is 0 Å². The Balaban J connectivity index is 1.95. The molecule has 94 valence electrons. The lowest BCUT2D eigenvalue weighted by Gasteiger charge is -2.41. The summed E-state index contributed by atoms with van der Waals surface area (Å²) in [7, 11) is 0. The Labute approximate surface area is 99.4 Å². The van der Waals surface area contributed by atoms with Crippen LogP contribution in [0.15, 0.2) is 0 Å². The number of aliphatic hydroxyl groups is 1. The molecule has 0 aromatic rings. The van der Waals surface area contributed by atoms with Gasteiger partial charge in [0.2, 0.25) is 0 Å². The van der Waals surface area contributed by atoms with E-state index >= 15 is 0 Å². The van der Waals surface area contributed by atoms with Crippen molar-refractivity contribution in [3.63, 3.8) is 0 Å². The van der Waals surface area contributed by atoms with Crippen LogP contribution >= 0.6 is 0 Å². The molecule has 0 aromatic carbocycles. The average molecular weight is 226 g/mol. The smallest absolute Gasteiger partial charge is 0.0685 e. The lowest BCUT2D eigenvalue weighted by Crippen LogP contribution is -2.41. The van der Waals surface area contributed by atoms with E-state index in [4.69, 9.17) is 4.74 Å². The third-order valence-corrected chi connectivity index (χ3v) is 4.81. The minimum atomic E-state index is -0.124. The van der Waals surface area contributed by atoms with Crippen molar-refractivity contribution in [2.24, 2.45) is 11.8 Å². The Morgan fingerprint density at radius 3 is 2.69 bits per heavy atom. The summed E-state index contributed by atoms with van der Waals surface area (Å²) in [6, 6.07) is 0. The molecular formula is C14H26O2. The summed E-state index contributed by atoms with van der Waals surface area (Å²) in [4.78, 5) is 0. The Kier molecular flexibility index (Phi) is 3.91. The molecule has 2 fully saturated rings. The maximum Gasteiger partial charge on any atom is 0.0685 e. The van der Waals surface area contributed by atoms with Crippen molar-refractivity contribution < 1.29 is 9.84 Å². The van der Waals surface area contributed by atoms with Gasteiger partial charge in [-0.05, 0) is 43.9 Å². The van der Waals surface area contributed by atoms with Crippen molar-refractivity contribution in [1.82, 2.24) is 0 Å². The normalized spacial score (nSPS) is 32.8. The van der Waals surface area contributed by atoms with Crippen LogP contribution in [-0.4, -0.2) is 23.4 Å². The standard InChI is InChI=1S/C14H26O2/c1-3-13(15)11(2)12-6-9-16-14(10-12)7-4-5-8-14/h11-13,15H,3-10H2,1-2H3. The van der Waals surface area contributed by atoms with Crippen LogP contribution in [0, 0.1) is 11.8 Å². The van der Waals surface area contributed by atoms with Gasteiger partial charge in [0.1, 0.15) is 0 Å². The van der Waals surface area contributed by atoms with Crippen LogP contribution in [0.5, 0.6) is 0 Å². The fourth-order valence-electron chi connectivity index (χ4n) is 3.57. The molecule has 1 saturated carbocycles. The van der Waals surface area contributed by atoms with Crippen molar-refractivity contribution in [3.8, 4) is 0 Å². The van der Waals surface area contributed by atoms with Crippen LogP contribution in [0.1, 0.15) is 58.8 Å². The van der Waals surface area contributed by atoms with Crippen molar-refractivity contribution >= 4 is 0 Å². The number of hydrogen-bond acceptors (Lipinski definition) is 2. The van der Waals surface area contributed by atoms with Gasteiger partial charge in [0.15, 0.2) is 0 Å². The van der Waals surface area contributed by atoms with Crippen LogP contribution in [0.25, 0.3) is 0 Å². The monoisotopic (exact) mass is 226 g/mol. The highest BCUT2D eigenvalue weighted by Gasteiger charge is 2.41. The van der Waals surface area contributed by atoms with Crippen LogP contribution in [0.3, 0.4) is 0 Å². The van der Waals surface area contributed by atoms with E-state index in [1.54, 1.807) is 0 Å². The third kappa shape index (κ3) is 2.43. The van der Waals surface area contributed by atoms with E-state index in [9.17, 15) is 5.11 Å². The van der Waals surface area contributed by atoms with E-state index in [2.05, 4.69) is 13.8 Å². The summed E-state index contributed by atoms with van der Waals surface area (Å²) in [5.74, 6) is 1.10. The molecule has 0 amide bonds. The predicted molar refractivity (Wildman–Crippen MR) is 65.3 cm³/mol. The van der Waals surface area contributed by atoms with Crippen molar-refractivity contribution in [1.29, 1.82) is 0 Å². The van der Waals surface area contributed by atoms with E-state index in [1.165, 1.54) is 32.1 Å². The summed E-state index contributed by atoms with van der Waals surface area (Å²) in [6.45, 7) is 5.20. The molecule has 2 rings (SSSR count). The van der Waals surface area contributed by atoms with Gasteiger partial charge in [0, 0.05) is 6.61 Å². The second-order valence-electron chi connectivity index (χ2n) is 5.83. The Hall–Kier alpha value is -0.0800. The van der Waals surface area contributed by atoms with Gasteiger partial charge < -0.3 is 9.84 Å². The third-order valence-electron chi connectivity index (χ3n) is 4.81. The number of hydrogen-bond donors (Lipinski definition) is 1. The lowest BCUT2D eigenvalue weighted by atomic mass is 9.76. The van der Waals surface area contributed by atoms with Crippen LogP contribution in [-0.2, 0) is 4.74 Å². The van der Waals surface area contributed by atoms with Crippen molar-refractivity contribution in [3.05, 3.63) is 0 Å². The van der Waals surface area contributed by atoms with E-state index in [0.717, 1.165) is 19.4 Å². The highest BCUT2D eigenvalue weighted by molar-refractivity contribution is 4.93.